The predicted octanol–water partition coefficient (Wildman–Crippen LogP) is 1.69. The number of ether oxygens (including phenoxy) is 2. The molecule has 1 aliphatic heterocycles. The molecular weight excluding hydrogens is 152 g/mol. The average molecular weight is 166 g/mol. The molecule has 0 amide bonds. The van der Waals surface area contributed by atoms with Crippen LogP contribution in [-0.2, 0) is 9.47 Å². The van der Waals surface area contributed by atoms with Gasteiger partial charge >= 0.3 is 0 Å². The van der Waals surface area contributed by atoms with Crippen molar-refractivity contribution in [2.75, 3.05) is 19.8 Å². The fraction of sp³-hybridized carbons (Fsp3) is 0.500. The molecule has 0 saturated carbocycles. The lowest BCUT2D eigenvalue weighted by atomic mass is 10.3. The van der Waals surface area contributed by atoms with Gasteiger partial charge in [0.15, 0.2) is 0 Å². The molecule has 0 spiro atoms. The first kappa shape index (κ1) is 9.27. The smallest absolute Gasteiger partial charge is 0.104 e. The predicted molar refractivity (Wildman–Crippen MR) is 48.0 cm³/mol. The maximum Gasteiger partial charge on any atom is 0.104 e. The van der Waals surface area contributed by atoms with E-state index in [1.54, 1.807) is 0 Å². The molecule has 0 N–H and O–H groups in total. The number of hydrogen-bond acceptors (Lipinski definition) is 2. The number of hydrogen-bond donors (Lipinski definition) is 0. The lowest BCUT2D eigenvalue weighted by Crippen LogP contribution is -2.00. The van der Waals surface area contributed by atoms with Crippen molar-refractivity contribution >= 4 is 0 Å². The van der Waals surface area contributed by atoms with Gasteiger partial charge in [-0.2, -0.15) is 0 Å². The number of allylic oxidation sites excluding steroid dienone is 1. The maximum atomic E-state index is 5.25. The van der Waals surface area contributed by atoms with Gasteiger partial charge in [0.2, 0.25) is 0 Å². The topological polar surface area (TPSA) is 21.8 Å². The molecule has 1 atom stereocenters. The summed E-state index contributed by atoms with van der Waals surface area (Å²) < 4.78 is 10.2. The van der Waals surface area contributed by atoms with E-state index in [9.17, 15) is 0 Å². The van der Waals surface area contributed by atoms with Gasteiger partial charge in [-0.25, -0.2) is 0 Å². The van der Waals surface area contributed by atoms with E-state index in [0.29, 0.717) is 19.3 Å². The van der Waals surface area contributed by atoms with E-state index in [0.717, 1.165) is 12.2 Å². The van der Waals surface area contributed by atoms with Gasteiger partial charge in [-0.05, 0) is 19.1 Å². The van der Waals surface area contributed by atoms with Crippen LogP contribution in [0.2, 0.25) is 0 Å². The Kier molecular flexibility index (Phi) is 3.81. The summed E-state index contributed by atoms with van der Waals surface area (Å²) in [7, 11) is 0. The average Bonchev–Trinajstić information content (AvgIpc) is 2.79. The van der Waals surface area contributed by atoms with E-state index in [-0.39, 0.29) is 0 Å². The van der Waals surface area contributed by atoms with E-state index < -0.39 is 0 Å². The summed E-state index contributed by atoms with van der Waals surface area (Å²) in [4.78, 5) is 0. The zero-order valence-electron chi connectivity index (χ0n) is 7.38. The Morgan fingerprint density at radius 3 is 3.17 bits per heavy atom. The molecule has 0 bridgehead atoms. The van der Waals surface area contributed by atoms with Crippen molar-refractivity contribution in [3.8, 4) is 0 Å². The summed E-state index contributed by atoms with van der Waals surface area (Å²) >= 11 is 0. The van der Waals surface area contributed by atoms with Gasteiger partial charge in [-0.1, -0.05) is 12.2 Å². The van der Waals surface area contributed by atoms with Crippen LogP contribution in [-0.4, -0.2) is 25.9 Å². The quantitative estimate of drug-likeness (QED) is 0.268. The van der Waals surface area contributed by atoms with E-state index in [2.05, 4.69) is 12.3 Å². The molecule has 0 aromatic carbocycles. The first-order valence-electron chi connectivity index (χ1n) is 4.05. The standard InChI is InChI=1S/C10H14O2/c1-9(2)5-3-4-6-11-7-10-8-12-10/h4-5,10H,1,6-8H2,2H3/t3?,10-/m1/s1. The minimum absolute atomic E-state index is 0.350. The molecule has 2 heteroatoms. The first-order chi connectivity index (χ1) is 5.79. The second kappa shape index (κ2) is 4.94. The zero-order chi connectivity index (χ0) is 8.81. The zero-order valence-corrected chi connectivity index (χ0v) is 7.38. The van der Waals surface area contributed by atoms with Crippen molar-refractivity contribution in [2.45, 2.75) is 13.0 Å². The molecular formula is C10H14O2. The molecule has 12 heavy (non-hydrogen) atoms. The number of epoxide rings is 1. The van der Waals surface area contributed by atoms with Gasteiger partial charge in [-0.3, -0.25) is 0 Å². The molecule has 1 rings (SSSR count). The molecule has 2 nitrogen and oxygen atoms in total. The summed E-state index contributed by atoms with van der Waals surface area (Å²) in [5, 5.41) is 0. The van der Waals surface area contributed by atoms with E-state index in [1.807, 2.05) is 19.1 Å². The maximum absolute atomic E-state index is 5.25. The van der Waals surface area contributed by atoms with Crippen LogP contribution in [0.5, 0.6) is 0 Å². The van der Waals surface area contributed by atoms with Crippen molar-refractivity contribution in [2.24, 2.45) is 0 Å². The van der Waals surface area contributed by atoms with E-state index in [1.165, 1.54) is 0 Å². The molecule has 0 aromatic heterocycles. The minimum atomic E-state index is 0.350. The van der Waals surface area contributed by atoms with Gasteiger partial charge in [-0.15, -0.1) is 5.73 Å². The molecule has 66 valence electrons. The lowest BCUT2D eigenvalue weighted by Gasteiger charge is -1.93. The van der Waals surface area contributed by atoms with Crippen molar-refractivity contribution in [1.82, 2.24) is 0 Å². The van der Waals surface area contributed by atoms with Crippen LogP contribution >= 0.6 is 0 Å². The largest absolute Gasteiger partial charge is 0.374 e. The molecule has 1 aliphatic rings. The summed E-state index contributed by atoms with van der Waals surface area (Å²) in [6, 6.07) is 0. The summed E-state index contributed by atoms with van der Waals surface area (Å²) in [5.41, 5.74) is 3.96. The third-order valence-electron chi connectivity index (χ3n) is 1.35. The molecule has 1 fully saturated rings. The minimum Gasteiger partial charge on any atom is -0.374 e. The first-order valence-corrected chi connectivity index (χ1v) is 4.05. The van der Waals surface area contributed by atoms with Crippen LogP contribution < -0.4 is 0 Å². The molecule has 1 heterocycles. The van der Waals surface area contributed by atoms with E-state index >= 15 is 0 Å². The van der Waals surface area contributed by atoms with Crippen LogP contribution in [0.15, 0.2) is 30.0 Å². The highest BCUT2D eigenvalue weighted by molar-refractivity contribution is 5.10. The highest BCUT2D eigenvalue weighted by Crippen LogP contribution is 2.07. The van der Waals surface area contributed by atoms with Crippen LogP contribution in [0.25, 0.3) is 0 Å². The Bertz CT molecular complexity index is 208. The SMILES string of the molecule is C=C(C)C=C=CCOC[C@@H]1CO1. The molecule has 0 radical (unpaired) electrons. The highest BCUT2D eigenvalue weighted by Gasteiger charge is 2.21. The Balaban J connectivity index is 1.99. The van der Waals surface area contributed by atoms with Crippen molar-refractivity contribution in [1.29, 1.82) is 0 Å². The van der Waals surface area contributed by atoms with Crippen LogP contribution in [0.3, 0.4) is 0 Å². The van der Waals surface area contributed by atoms with Gasteiger partial charge in [0.05, 0.1) is 19.8 Å². The third kappa shape index (κ3) is 4.91. The Morgan fingerprint density at radius 2 is 2.58 bits per heavy atom. The third-order valence-corrected chi connectivity index (χ3v) is 1.35. The van der Waals surface area contributed by atoms with Gasteiger partial charge < -0.3 is 9.47 Å². The molecule has 0 unspecified atom stereocenters. The molecule has 1 saturated heterocycles. The summed E-state index contributed by atoms with van der Waals surface area (Å²) in [5.74, 6) is 0. The van der Waals surface area contributed by atoms with Crippen molar-refractivity contribution in [3.05, 3.63) is 30.0 Å². The summed E-state index contributed by atoms with van der Waals surface area (Å²) in [6.07, 6.45) is 4.03. The van der Waals surface area contributed by atoms with Gasteiger partial charge in [0.1, 0.15) is 6.10 Å². The molecule has 0 aliphatic carbocycles. The van der Waals surface area contributed by atoms with Gasteiger partial charge in [0, 0.05) is 0 Å². The Hall–Kier alpha value is -0.820. The fourth-order valence-corrected chi connectivity index (χ4v) is 0.672. The summed E-state index contributed by atoms with van der Waals surface area (Å²) in [6.45, 7) is 7.80. The molecule has 0 aromatic rings. The normalized spacial score (nSPS) is 19.6. The van der Waals surface area contributed by atoms with Crippen LogP contribution in [0, 0.1) is 0 Å². The van der Waals surface area contributed by atoms with Gasteiger partial charge in [0.25, 0.3) is 0 Å². The van der Waals surface area contributed by atoms with Crippen molar-refractivity contribution < 1.29 is 9.47 Å². The second-order valence-electron chi connectivity index (χ2n) is 2.85. The lowest BCUT2D eigenvalue weighted by molar-refractivity contribution is 0.141. The second-order valence-corrected chi connectivity index (χ2v) is 2.85. The number of rotatable bonds is 5. The van der Waals surface area contributed by atoms with Crippen LogP contribution in [0.4, 0.5) is 0 Å². The van der Waals surface area contributed by atoms with Crippen molar-refractivity contribution in [3.63, 3.8) is 0 Å². The Morgan fingerprint density at radius 1 is 1.83 bits per heavy atom. The van der Waals surface area contributed by atoms with E-state index in [4.69, 9.17) is 9.47 Å². The highest BCUT2D eigenvalue weighted by atomic mass is 16.6. The Labute approximate surface area is 73.2 Å². The monoisotopic (exact) mass is 166 g/mol. The fourth-order valence-electron chi connectivity index (χ4n) is 0.672. The van der Waals surface area contributed by atoms with Crippen LogP contribution in [0.1, 0.15) is 6.92 Å².